The second kappa shape index (κ2) is 15.5. The fourth-order valence-corrected chi connectivity index (χ4v) is 8.43. The smallest absolute Gasteiger partial charge is 0.164 e. The van der Waals surface area contributed by atoms with E-state index in [4.69, 9.17) is 15.0 Å². The molecule has 4 nitrogen and oxygen atoms in total. The van der Waals surface area contributed by atoms with Crippen molar-refractivity contribution in [2.24, 2.45) is 0 Å². The molecular weight excluding hydrogens is 741 g/mol. The Morgan fingerprint density at radius 1 is 0.246 bits per heavy atom. The molecule has 0 fully saturated rings. The molecule has 0 saturated heterocycles. The maximum Gasteiger partial charge on any atom is 0.164 e. The lowest BCUT2D eigenvalue weighted by molar-refractivity contribution is 1.07. The molecule has 11 rings (SSSR count). The van der Waals surface area contributed by atoms with Gasteiger partial charge >= 0.3 is 0 Å². The number of hydrogen-bond acceptors (Lipinski definition) is 3. The second-order valence-corrected chi connectivity index (χ2v) is 15.2. The van der Waals surface area contributed by atoms with E-state index in [9.17, 15) is 0 Å². The molecule has 0 aliphatic heterocycles. The number of benzene rings is 9. The molecule has 61 heavy (non-hydrogen) atoms. The number of aromatic nitrogens is 4. The summed E-state index contributed by atoms with van der Waals surface area (Å²) in [6.45, 7) is 0. The van der Waals surface area contributed by atoms with Crippen LogP contribution >= 0.6 is 0 Å². The lowest BCUT2D eigenvalue weighted by Gasteiger charge is -2.13. The van der Waals surface area contributed by atoms with E-state index in [2.05, 4.69) is 223 Å². The van der Waals surface area contributed by atoms with Gasteiger partial charge in [-0.3, -0.25) is 0 Å². The van der Waals surface area contributed by atoms with Crippen molar-refractivity contribution in [3.05, 3.63) is 231 Å². The van der Waals surface area contributed by atoms with Crippen molar-refractivity contribution in [2.45, 2.75) is 0 Å². The fourth-order valence-electron chi connectivity index (χ4n) is 8.43. The predicted octanol–water partition coefficient (Wildman–Crippen LogP) is 14.6. The summed E-state index contributed by atoms with van der Waals surface area (Å²) in [6.07, 6.45) is 0. The van der Waals surface area contributed by atoms with Crippen molar-refractivity contribution >= 4 is 21.8 Å². The van der Waals surface area contributed by atoms with Gasteiger partial charge in [-0.2, -0.15) is 0 Å². The van der Waals surface area contributed by atoms with Crippen LogP contribution in [0.2, 0.25) is 0 Å². The highest BCUT2D eigenvalue weighted by molar-refractivity contribution is 6.10. The molecule has 0 unspecified atom stereocenters. The van der Waals surface area contributed by atoms with Crippen molar-refractivity contribution in [3.63, 3.8) is 0 Å². The van der Waals surface area contributed by atoms with Gasteiger partial charge in [0.1, 0.15) is 0 Å². The third-order valence-corrected chi connectivity index (χ3v) is 11.5. The lowest BCUT2D eigenvalue weighted by Crippen LogP contribution is -2.00. The van der Waals surface area contributed by atoms with Crippen LogP contribution < -0.4 is 0 Å². The molecule has 0 spiro atoms. The summed E-state index contributed by atoms with van der Waals surface area (Å²) in [5.41, 5.74) is 15.6. The summed E-state index contributed by atoms with van der Waals surface area (Å²) in [6, 6.07) is 81.2. The molecule has 0 amide bonds. The summed E-state index contributed by atoms with van der Waals surface area (Å²) in [5, 5.41) is 2.47. The molecule has 0 aliphatic carbocycles. The SMILES string of the molecule is c1ccc(-c2ccc(-c3nc(-c4ccc(-c5ccccc5)cc4)nc(-c4ccc(-c5ccccc5-c5ccc6c(c5)c5ccccc5n6-c5ccccc5)cc4)n3)cc2)cc1. The van der Waals surface area contributed by atoms with Crippen LogP contribution in [-0.4, -0.2) is 19.5 Å². The van der Waals surface area contributed by atoms with Gasteiger partial charge < -0.3 is 4.57 Å². The number of fused-ring (bicyclic) bond motifs is 3. The van der Waals surface area contributed by atoms with E-state index in [1.54, 1.807) is 0 Å². The minimum absolute atomic E-state index is 0.624. The number of rotatable bonds is 8. The van der Waals surface area contributed by atoms with E-state index in [0.717, 1.165) is 44.6 Å². The maximum atomic E-state index is 5.09. The summed E-state index contributed by atoms with van der Waals surface area (Å²) < 4.78 is 2.36. The van der Waals surface area contributed by atoms with Gasteiger partial charge in [0, 0.05) is 33.2 Å². The van der Waals surface area contributed by atoms with Crippen LogP contribution in [-0.2, 0) is 0 Å². The molecule has 2 heterocycles. The van der Waals surface area contributed by atoms with E-state index in [1.807, 2.05) is 12.1 Å². The first-order valence-corrected chi connectivity index (χ1v) is 20.6. The van der Waals surface area contributed by atoms with Crippen molar-refractivity contribution in [1.82, 2.24) is 19.5 Å². The van der Waals surface area contributed by atoms with Gasteiger partial charge in [-0.1, -0.05) is 200 Å². The van der Waals surface area contributed by atoms with Gasteiger partial charge in [0.05, 0.1) is 11.0 Å². The van der Waals surface area contributed by atoms with Gasteiger partial charge in [-0.05, 0) is 74.8 Å². The average molecular weight is 779 g/mol. The van der Waals surface area contributed by atoms with E-state index >= 15 is 0 Å². The van der Waals surface area contributed by atoms with Gasteiger partial charge in [-0.25, -0.2) is 15.0 Å². The average Bonchev–Trinajstić information content (AvgIpc) is 3.68. The molecule has 2 aromatic heterocycles. The third-order valence-electron chi connectivity index (χ3n) is 11.5. The van der Waals surface area contributed by atoms with Crippen LogP contribution in [0.5, 0.6) is 0 Å². The molecule has 9 aromatic carbocycles. The number of hydrogen-bond donors (Lipinski definition) is 0. The standard InChI is InChI=1S/C57H38N4/c1-4-14-39(15-5-1)41-24-30-44(31-25-41)55-58-56(45-32-26-42(27-33-45)40-16-6-2-7-17-40)60-57(59-55)46-34-28-43(29-35-46)49-20-10-11-21-50(49)47-36-37-54-52(38-47)51-22-12-13-23-53(51)61(54)48-18-8-3-9-19-48/h1-38H. The Balaban J connectivity index is 0.968. The Morgan fingerprint density at radius 3 is 1.13 bits per heavy atom. The normalized spacial score (nSPS) is 11.3. The van der Waals surface area contributed by atoms with Crippen molar-refractivity contribution in [1.29, 1.82) is 0 Å². The number of para-hydroxylation sites is 2. The van der Waals surface area contributed by atoms with Crippen LogP contribution in [0.3, 0.4) is 0 Å². The Kier molecular flexibility index (Phi) is 9.14. The van der Waals surface area contributed by atoms with Gasteiger partial charge in [0.2, 0.25) is 0 Å². The van der Waals surface area contributed by atoms with Crippen LogP contribution in [0, 0.1) is 0 Å². The second-order valence-electron chi connectivity index (χ2n) is 15.2. The molecule has 4 heteroatoms. The van der Waals surface area contributed by atoms with Crippen LogP contribution in [0.15, 0.2) is 231 Å². The zero-order valence-electron chi connectivity index (χ0n) is 33.2. The summed E-state index contributed by atoms with van der Waals surface area (Å²) in [5.74, 6) is 1.88. The monoisotopic (exact) mass is 778 g/mol. The maximum absolute atomic E-state index is 5.09. The van der Waals surface area contributed by atoms with E-state index in [1.165, 1.54) is 44.1 Å². The molecule has 0 aliphatic rings. The Labute approximate surface area is 354 Å². The first kappa shape index (κ1) is 35.9. The van der Waals surface area contributed by atoms with Gasteiger partial charge in [0.25, 0.3) is 0 Å². The molecule has 0 radical (unpaired) electrons. The van der Waals surface area contributed by atoms with Crippen LogP contribution in [0.1, 0.15) is 0 Å². The first-order valence-electron chi connectivity index (χ1n) is 20.6. The minimum Gasteiger partial charge on any atom is -0.309 e. The minimum atomic E-state index is 0.624. The van der Waals surface area contributed by atoms with Crippen molar-refractivity contribution in [3.8, 4) is 84.4 Å². The highest BCUT2D eigenvalue weighted by Gasteiger charge is 2.17. The van der Waals surface area contributed by atoms with E-state index in [0.29, 0.717) is 17.5 Å². The molecule has 0 N–H and O–H groups in total. The van der Waals surface area contributed by atoms with E-state index < -0.39 is 0 Å². The van der Waals surface area contributed by atoms with Gasteiger partial charge in [-0.15, -0.1) is 0 Å². The largest absolute Gasteiger partial charge is 0.309 e. The first-order chi connectivity index (χ1) is 30.2. The van der Waals surface area contributed by atoms with Crippen LogP contribution in [0.25, 0.3) is 106 Å². The molecule has 0 atom stereocenters. The third kappa shape index (κ3) is 6.86. The van der Waals surface area contributed by atoms with Crippen molar-refractivity contribution in [2.75, 3.05) is 0 Å². The molecule has 286 valence electrons. The van der Waals surface area contributed by atoms with Crippen molar-refractivity contribution < 1.29 is 0 Å². The Hall–Kier alpha value is -8.21. The molecule has 0 bridgehead atoms. The summed E-state index contributed by atoms with van der Waals surface area (Å²) in [4.78, 5) is 15.2. The highest BCUT2D eigenvalue weighted by Crippen LogP contribution is 2.39. The zero-order chi connectivity index (χ0) is 40.5. The molecule has 11 aromatic rings. The summed E-state index contributed by atoms with van der Waals surface area (Å²) in [7, 11) is 0. The Bertz CT molecular complexity index is 3200. The fraction of sp³-hybridized carbons (Fsp3) is 0. The quantitative estimate of drug-likeness (QED) is 0.154. The highest BCUT2D eigenvalue weighted by atomic mass is 15.0. The van der Waals surface area contributed by atoms with Crippen LogP contribution in [0.4, 0.5) is 0 Å². The number of nitrogens with zero attached hydrogens (tertiary/aromatic N) is 4. The van der Waals surface area contributed by atoms with Gasteiger partial charge in [0.15, 0.2) is 17.5 Å². The predicted molar refractivity (Wildman–Crippen MR) is 252 cm³/mol. The summed E-state index contributed by atoms with van der Waals surface area (Å²) >= 11 is 0. The van der Waals surface area contributed by atoms with E-state index in [-0.39, 0.29) is 0 Å². The lowest BCUT2D eigenvalue weighted by atomic mass is 9.93. The molecule has 0 saturated carbocycles. The zero-order valence-corrected chi connectivity index (χ0v) is 33.2. The molecular formula is C57H38N4. The Morgan fingerprint density at radius 2 is 0.607 bits per heavy atom. The topological polar surface area (TPSA) is 43.6 Å².